The number of anilines is 1. The van der Waals surface area contributed by atoms with Crippen molar-refractivity contribution in [1.82, 2.24) is 4.90 Å². The van der Waals surface area contributed by atoms with Crippen molar-refractivity contribution in [2.75, 3.05) is 31.1 Å². The first kappa shape index (κ1) is 18.2. The third-order valence-corrected chi connectivity index (χ3v) is 5.03. The van der Waals surface area contributed by atoms with Gasteiger partial charge >= 0.3 is 0 Å². The minimum Gasteiger partial charge on any atom is -0.362 e. The Morgan fingerprint density at radius 2 is 1.73 bits per heavy atom. The van der Waals surface area contributed by atoms with Crippen molar-refractivity contribution in [3.63, 3.8) is 0 Å². The summed E-state index contributed by atoms with van der Waals surface area (Å²) in [6.45, 7) is 6.13. The molecule has 1 saturated heterocycles. The predicted octanol–water partition coefficient (Wildman–Crippen LogP) is 3.83. The lowest BCUT2D eigenvalue weighted by atomic mass is 10.1. The molecule has 6 nitrogen and oxygen atoms in total. The Balaban J connectivity index is 1.72. The van der Waals surface area contributed by atoms with Crippen LogP contribution in [-0.2, 0) is 0 Å². The van der Waals surface area contributed by atoms with E-state index in [0.29, 0.717) is 42.5 Å². The minimum atomic E-state index is -0.423. The molecule has 0 aliphatic carbocycles. The van der Waals surface area contributed by atoms with Gasteiger partial charge in [-0.25, -0.2) is 0 Å². The van der Waals surface area contributed by atoms with Gasteiger partial charge in [0.25, 0.3) is 11.6 Å². The van der Waals surface area contributed by atoms with Gasteiger partial charge in [-0.2, -0.15) is 0 Å². The van der Waals surface area contributed by atoms with Crippen molar-refractivity contribution in [3.8, 4) is 0 Å². The molecule has 136 valence electrons. The lowest BCUT2D eigenvalue weighted by Crippen LogP contribution is -2.49. The first-order valence-electron chi connectivity index (χ1n) is 8.42. The van der Waals surface area contributed by atoms with Gasteiger partial charge in [0.05, 0.1) is 4.92 Å². The summed E-state index contributed by atoms with van der Waals surface area (Å²) in [5.74, 6) is -0.00152. The summed E-state index contributed by atoms with van der Waals surface area (Å²) in [6, 6.07) is 10.4. The van der Waals surface area contributed by atoms with E-state index in [0.717, 1.165) is 11.1 Å². The van der Waals surface area contributed by atoms with E-state index in [1.54, 1.807) is 17.0 Å². The number of nitro benzene ring substituents is 1. The van der Waals surface area contributed by atoms with E-state index in [1.165, 1.54) is 6.07 Å². The number of aryl methyl sites for hydroxylation is 2. The van der Waals surface area contributed by atoms with Gasteiger partial charge < -0.3 is 9.80 Å². The number of nitrogens with zero attached hydrogens (tertiary/aromatic N) is 3. The van der Waals surface area contributed by atoms with E-state index < -0.39 is 4.92 Å². The Morgan fingerprint density at radius 1 is 1.04 bits per heavy atom. The third kappa shape index (κ3) is 3.65. The zero-order valence-corrected chi connectivity index (χ0v) is 15.5. The molecule has 0 radical (unpaired) electrons. The molecule has 1 amide bonds. The van der Waals surface area contributed by atoms with Gasteiger partial charge in [0.2, 0.25) is 0 Å². The largest absolute Gasteiger partial charge is 0.362 e. The molecular weight excluding hydrogens is 354 g/mol. The van der Waals surface area contributed by atoms with Gasteiger partial charge in [0, 0.05) is 42.8 Å². The van der Waals surface area contributed by atoms with Crippen LogP contribution in [0.4, 0.5) is 11.4 Å². The predicted molar refractivity (Wildman–Crippen MR) is 102 cm³/mol. The summed E-state index contributed by atoms with van der Waals surface area (Å²) in [6.07, 6.45) is 0. The summed E-state index contributed by atoms with van der Waals surface area (Å²) in [7, 11) is 0. The van der Waals surface area contributed by atoms with Crippen LogP contribution in [0.15, 0.2) is 36.4 Å². The lowest BCUT2D eigenvalue weighted by molar-refractivity contribution is -0.384. The van der Waals surface area contributed by atoms with E-state index >= 15 is 0 Å². The topological polar surface area (TPSA) is 66.7 Å². The number of rotatable bonds is 3. The first-order chi connectivity index (χ1) is 12.4. The van der Waals surface area contributed by atoms with E-state index in [9.17, 15) is 14.9 Å². The third-order valence-electron chi connectivity index (χ3n) is 4.80. The Bertz CT molecular complexity index is 861. The molecule has 0 unspecified atom stereocenters. The number of benzene rings is 2. The monoisotopic (exact) mass is 373 g/mol. The molecule has 1 aliphatic rings. The molecule has 0 saturated carbocycles. The van der Waals surface area contributed by atoms with E-state index in [4.69, 9.17) is 11.6 Å². The summed E-state index contributed by atoms with van der Waals surface area (Å²) >= 11 is 5.88. The average molecular weight is 374 g/mol. The van der Waals surface area contributed by atoms with Crippen molar-refractivity contribution in [2.24, 2.45) is 0 Å². The van der Waals surface area contributed by atoms with Crippen molar-refractivity contribution in [1.29, 1.82) is 0 Å². The SMILES string of the molecule is Cc1ccc(C(=O)N2CCN(c3ccc(Cl)cc3[N+](=O)[O-])CC2)cc1C. The van der Waals surface area contributed by atoms with Gasteiger partial charge in [-0.3, -0.25) is 14.9 Å². The molecule has 1 aliphatic heterocycles. The first-order valence-corrected chi connectivity index (χ1v) is 8.80. The van der Waals surface area contributed by atoms with Gasteiger partial charge in [-0.1, -0.05) is 17.7 Å². The Labute approximate surface area is 157 Å². The van der Waals surface area contributed by atoms with Crippen LogP contribution in [0.3, 0.4) is 0 Å². The quantitative estimate of drug-likeness (QED) is 0.605. The zero-order valence-electron chi connectivity index (χ0n) is 14.7. The van der Waals surface area contributed by atoms with Gasteiger partial charge in [0.1, 0.15) is 5.69 Å². The Kier molecular flexibility index (Phi) is 5.13. The number of amides is 1. The number of nitro groups is 1. The van der Waals surface area contributed by atoms with Crippen LogP contribution in [0.25, 0.3) is 0 Å². The van der Waals surface area contributed by atoms with Crippen LogP contribution < -0.4 is 4.90 Å². The number of piperazine rings is 1. The standard InChI is InChI=1S/C19H20ClN3O3/c1-13-3-4-15(11-14(13)2)19(24)22-9-7-21(8-10-22)17-6-5-16(20)12-18(17)23(25)26/h3-6,11-12H,7-10H2,1-2H3. The van der Waals surface area contributed by atoms with Crippen LogP contribution in [0.5, 0.6) is 0 Å². The van der Waals surface area contributed by atoms with Crippen molar-refractivity contribution in [2.45, 2.75) is 13.8 Å². The van der Waals surface area contributed by atoms with Gasteiger partial charge in [0.15, 0.2) is 0 Å². The van der Waals surface area contributed by atoms with Gasteiger partial charge in [-0.15, -0.1) is 0 Å². The number of hydrogen-bond donors (Lipinski definition) is 0. The van der Waals surface area contributed by atoms with Crippen LogP contribution in [0.2, 0.25) is 5.02 Å². The molecule has 1 heterocycles. The molecule has 0 bridgehead atoms. The number of hydrogen-bond acceptors (Lipinski definition) is 4. The second-order valence-corrected chi connectivity index (χ2v) is 6.90. The van der Waals surface area contributed by atoms with Crippen LogP contribution in [0.1, 0.15) is 21.5 Å². The van der Waals surface area contributed by atoms with E-state index in [-0.39, 0.29) is 11.6 Å². The second-order valence-electron chi connectivity index (χ2n) is 6.47. The van der Waals surface area contributed by atoms with E-state index in [2.05, 4.69) is 0 Å². The second kappa shape index (κ2) is 7.33. The normalized spacial score (nSPS) is 14.4. The van der Waals surface area contributed by atoms with Crippen molar-refractivity contribution >= 4 is 28.9 Å². The van der Waals surface area contributed by atoms with Crippen molar-refractivity contribution < 1.29 is 9.72 Å². The molecule has 2 aromatic carbocycles. The molecule has 1 fully saturated rings. The summed E-state index contributed by atoms with van der Waals surface area (Å²) in [5, 5.41) is 11.6. The Hall–Kier alpha value is -2.60. The number of carbonyl (C=O) groups excluding carboxylic acids is 1. The van der Waals surface area contributed by atoms with Crippen LogP contribution in [0, 0.1) is 24.0 Å². The highest BCUT2D eigenvalue weighted by Crippen LogP contribution is 2.31. The molecule has 0 N–H and O–H groups in total. The van der Waals surface area contributed by atoms with Gasteiger partial charge in [-0.05, 0) is 49.2 Å². The zero-order chi connectivity index (χ0) is 18.8. The highest BCUT2D eigenvalue weighted by Gasteiger charge is 2.26. The fourth-order valence-corrected chi connectivity index (χ4v) is 3.28. The molecular formula is C19H20ClN3O3. The maximum atomic E-state index is 12.7. The molecule has 3 rings (SSSR count). The molecule has 7 heteroatoms. The molecule has 26 heavy (non-hydrogen) atoms. The molecule has 0 atom stereocenters. The lowest BCUT2D eigenvalue weighted by Gasteiger charge is -2.36. The summed E-state index contributed by atoms with van der Waals surface area (Å²) in [4.78, 5) is 27.3. The minimum absolute atomic E-state index is 0.00152. The van der Waals surface area contributed by atoms with Crippen LogP contribution >= 0.6 is 11.6 Å². The fraction of sp³-hybridized carbons (Fsp3) is 0.316. The maximum Gasteiger partial charge on any atom is 0.294 e. The number of carbonyl (C=O) groups is 1. The summed E-state index contributed by atoms with van der Waals surface area (Å²) < 4.78 is 0. The van der Waals surface area contributed by atoms with Crippen LogP contribution in [-0.4, -0.2) is 41.9 Å². The highest BCUT2D eigenvalue weighted by molar-refractivity contribution is 6.30. The molecule has 2 aromatic rings. The fourth-order valence-electron chi connectivity index (χ4n) is 3.12. The average Bonchev–Trinajstić information content (AvgIpc) is 2.63. The molecule has 0 aromatic heterocycles. The maximum absolute atomic E-state index is 12.7. The van der Waals surface area contributed by atoms with Crippen molar-refractivity contribution in [3.05, 3.63) is 68.2 Å². The van der Waals surface area contributed by atoms with E-state index in [1.807, 2.05) is 36.9 Å². The Morgan fingerprint density at radius 3 is 2.35 bits per heavy atom. The highest BCUT2D eigenvalue weighted by atomic mass is 35.5. The smallest absolute Gasteiger partial charge is 0.294 e. The summed E-state index contributed by atoms with van der Waals surface area (Å²) in [5.41, 5.74) is 3.45. The number of halogens is 1. The molecule has 0 spiro atoms.